The van der Waals surface area contributed by atoms with Crippen LogP contribution in [0.2, 0.25) is 0 Å². The molecule has 1 aliphatic heterocycles. The number of nitrogen functional groups attached to an aromatic ring is 1. The first-order valence-electron chi connectivity index (χ1n) is 20.7. The summed E-state index contributed by atoms with van der Waals surface area (Å²) < 4.78 is 6.03. The number of aryl methyl sites for hydroxylation is 2. The number of aromatic nitrogens is 2. The average molecular weight is 860 g/mol. The maximum absolute atomic E-state index is 14.6. The lowest BCUT2D eigenvalue weighted by atomic mass is 9.86. The molecule has 0 radical (unpaired) electrons. The Balaban J connectivity index is 1.53. The summed E-state index contributed by atoms with van der Waals surface area (Å²) in [7, 11) is 1.42. The van der Waals surface area contributed by atoms with E-state index in [1.807, 2.05) is 30.3 Å². The summed E-state index contributed by atoms with van der Waals surface area (Å²) in [6.45, 7) is 11.3. The smallest absolute Gasteiger partial charge is 0.255 e. The Kier molecular flexibility index (Phi) is 15.2. The van der Waals surface area contributed by atoms with Crippen LogP contribution < -0.4 is 43.2 Å². The molecule has 3 aromatic carbocycles. The molecular weight excluding hydrogens is 803 g/mol. The standard InChI is InChI=1S/C46H57N11O6/c1-25-38(26(2)53-40(52-25)29-9-12-31(13-10-29)46(4,5)6)43(60)55-35(16-17-47)45(62)57(7)39-30-11-15-37(63-21-19-49)33(24-30)32-22-28(8-14-34(32)50)23-36(42(59)51-20-18-48)56-41(58)27(3)54-44(39)61/h8-15,22,24,27,35-36,39H,16-17,19-21,23,47,49-50H2,1-7H3,(H,51,59)(H,54,61)(H,55,60)(H,56,58). The van der Waals surface area contributed by atoms with Gasteiger partial charge in [-0.05, 0) is 80.1 Å². The number of rotatable bonds is 12. The van der Waals surface area contributed by atoms with Crippen molar-refractivity contribution < 1.29 is 28.7 Å². The van der Waals surface area contributed by atoms with E-state index in [4.69, 9.17) is 27.2 Å². The quantitative estimate of drug-likeness (QED) is 0.0800. The number of amides is 5. The largest absolute Gasteiger partial charge is 0.492 e. The molecule has 63 heavy (non-hydrogen) atoms. The molecule has 10 N–H and O–H groups in total. The Labute approximate surface area is 367 Å². The minimum atomic E-state index is -1.38. The molecule has 4 atom stereocenters. The summed E-state index contributed by atoms with van der Waals surface area (Å²) in [5, 5.41) is 19.8. The van der Waals surface area contributed by atoms with E-state index in [1.165, 1.54) is 18.9 Å². The molecule has 4 aromatic rings. The second kappa shape index (κ2) is 20.3. The second-order valence-electron chi connectivity index (χ2n) is 16.6. The van der Waals surface area contributed by atoms with Crippen molar-refractivity contribution in [2.75, 3.05) is 39.0 Å². The van der Waals surface area contributed by atoms with E-state index in [1.54, 1.807) is 50.2 Å². The number of likely N-dealkylation sites (N-methyl/N-ethyl adjacent to an activating group) is 1. The molecule has 5 rings (SSSR count). The number of nitrogens with zero attached hydrogens (tertiary/aromatic N) is 4. The lowest BCUT2D eigenvalue weighted by Gasteiger charge is -2.32. The van der Waals surface area contributed by atoms with Crippen LogP contribution in [-0.2, 0) is 31.0 Å². The van der Waals surface area contributed by atoms with Crippen LogP contribution in [0.1, 0.15) is 78.6 Å². The van der Waals surface area contributed by atoms with Crippen LogP contribution in [0.25, 0.3) is 22.5 Å². The lowest BCUT2D eigenvalue weighted by molar-refractivity contribution is -0.141. The summed E-state index contributed by atoms with van der Waals surface area (Å²) >= 11 is 0. The first-order valence-corrected chi connectivity index (χ1v) is 20.7. The van der Waals surface area contributed by atoms with Gasteiger partial charge in [-0.1, -0.05) is 57.2 Å². The van der Waals surface area contributed by atoms with Gasteiger partial charge in [-0.25, -0.2) is 9.97 Å². The molecule has 4 unspecified atom stereocenters. The van der Waals surface area contributed by atoms with Gasteiger partial charge in [-0.3, -0.25) is 24.0 Å². The van der Waals surface area contributed by atoms with Crippen LogP contribution in [0.4, 0.5) is 5.69 Å². The summed E-state index contributed by atoms with van der Waals surface area (Å²) in [5.41, 5.74) is 23.5. The fourth-order valence-electron chi connectivity index (χ4n) is 7.41. The van der Waals surface area contributed by atoms with Crippen molar-refractivity contribution in [1.29, 1.82) is 5.26 Å². The number of anilines is 1. The fraction of sp³-hybridized carbons (Fsp3) is 0.391. The van der Waals surface area contributed by atoms with Gasteiger partial charge >= 0.3 is 0 Å². The molecule has 0 fully saturated rings. The number of nitrogens with two attached hydrogens (primary N) is 3. The maximum Gasteiger partial charge on any atom is 0.255 e. The molecule has 4 bridgehead atoms. The highest BCUT2D eigenvalue weighted by Crippen LogP contribution is 2.38. The third kappa shape index (κ3) is 11.1. The van der Waals surface area contributed by atoms with Crippen molar-refractivity contribution >= 4 is 35.2 Å². The van der Waals surface area contributed by atoms with Crippen LogP contribution in [0.15, 0.2) is 60.7 Å². The average Bonchev–Trinajstić information content (AvgIpc) is 3.24. The van der Waals surface area contributed by atoms with Gasteiger partial charge in [0.05, 0.1) is 23.0 Å². The molecule has 332 valence electrons. The first-order chi connectivity index (χ1) is 29.9. The van der Waals surface area contributed by atoms with Crippen LogP contribution in [0, 0.1) is 25.2 Å². The summed E-state index contributed by atoms with van der Waals surface area (Å²) in [6, 6.07) is 14.9. The normalized spacial score (nSPS) is 16.9. The monoisotopic (exact) mass is 859 g/mol. The zero-order valence-electron chi connectivity index (χ0n) is 36.8. The number of ether oxygens (including phenoxy) is 1. The Morgan fingerprint density at radius 3 is 2.25 bits per heavy atom. The van der Waals surface area contributed by atoms with Gasteiger partial charge in [0, 0.05) is 42.4 Å². The molecule has 5 amide bonds. The molecule has 1 aliphatic rings. The Morgan fingerprint density at radius 1 is 0.952 bits per heavy atom. The third-order valence-electron chi connectivity index (χ3n) is 10.8. The topological polar surface area (TPSA) is 274 Å². The predicted octanol–water partition coefficient (Wildman–Crippen LogP) is 2.48. The highest BCUT2D eigenvalue weighted by Gasteiger charge is 2.36. The van der Waals surface area contributed by atoms with E-state index in [9.17, 15) is 24.0 Å². The lowest BCUT2D eigenvalue weighted by Crippen LogP contribution is -2.56. The first kappa shape index (κ1) is 47.2. The van der Waals surface area contributed by atoms with E-state index in [0.717, 1.165) is 11.1 Å². The number of hydrogen-bond donors (Lipinski definition) is 7. The number of fused-ring (bicyclic) bond motifs is 5. The minimum Gasteiger partial charge on any atom is -0.492 e. The second-order valence-corrected chi connectivity index (χ2v) is 16.6. The zero-order chi connectivity index (χ0) is 46.2. The van der Waals surface area contributed by atoms with Crippen LogP contribution >= 0.6 is 0 Å². The molecule has 2 heterocycles. The van der Waals surface area contributed by atoms with Gasteiger partial charge in [-0.2, -0.15) is 5.26 Å². The van der Waals surface area contributed by atoms with Crippen molar-refractivity contribution in [2.24, 2.45) is 11.5 Å². The number of carbonyl (C=O) groups is 5. The van der Waals surface area contributed by atoms with Crippen LogP contribution in [-0.4, -0.2) is 95.8 Å². The molecule has 1 aromatic heterocycles. The molecule has 0 saturated heterocycles. The number of nitrogens with one attached hydrogen (secondary N) is 4. The van der Waals surface area contributed by atoms with Gasteiger partial charge in [0.15, 0.2) is 5.82 Å². The van der Waals surface area contributed by atoms with Crippen molar-refractivity contribution in [2.45, 2.75) is 84.0 Å². The van der Waals surface area contributed by atoms with Gasteiger partial charge in [0.1, 0.15) is 43.1 Å². The SMILES string of the molecule is Cc1nc(-c2ccc(C(C)(C)C)cc2)nc(C)c1C(=O)NC(CCN)C(=O)N(C)C1C(=O)NC(C)C(=O)NC(C(=O)NCC#N)Cc2ccc(N)c(c2)-c2cc1ccc2OCCN. The fourth-order valence-corrected chi connectivity index (χ4v) is 7.41. The van der Waals surface area contributed by atoms with E-state index in [-0.39, 0.29) is 50.1 Å². The van der Waals surface area contributed by atoms with Crippen molar-refractivity contribution in [3.8, 4) is 34.3 Å². The van der Waals surface area contributed by atoms with Crippen LogP contribution in [0.5, 0.6) is 5.75 Å². The molecule has 0 saturated carbocycles. The molecule has 0 aliphatic carbocycles. The summed E-state index contributed by atoms with van der Waals surface area (Å²) in [6.07, 6.45) is 0.0272. The number of benzene rings is 3. The van der Waals surface area contributed by atoms with Crippen molar-refractivity contribution in [1.82, 2.24) is 36.1 Å². The molecule has 17 heteroatoms. The van der Waals surface area contributed by atoms with Gasteiger partial charge in [0.25, 0.3) is 5.91 Å². The molecular formula is C46H57N11O6. The van der Waals surface area contributed by atoms with Gasteiger partial charge in [0.2, 0.25) is 23.6 Å². The third-order valence-corrected chi connectivity index (χ3v) is 10.8. The highest BCUT2D eigenvalue weighted by atomic mass is 16.5. The van der Waals surface area contributed by atoms with E-state index < -0.39 is 53.7 Å². The van der Waals surface area contributed by atoms with Gasteiger partial charge < -0.3 is 48.1 Å². The highest BCUT2D eigenvalue weighted by molar-refractivity contribution is 6.00. The van der Waals surface area contributed by atoms with Crippen LogP contribution in [0.3, 0.4) is 0 Å². The molecule has 0 spiro atoms. The van der Waals surface area contributed by atoms with E-state index in [0.29, 0.717) is 50.9 Å². The van der Waals surface area contributed by atoms with Crippen molar-refractivity contribution in [3.63, 3.8) is 0 Å². The Morgan fingerprint density at radius 2 is 1.63 bits per heavy atom. The number of hydrogen-bond acceptors (Lipinski definition) is 12. The van der Waals surface area contributed by atoms with Gasteiger partial charge in [-0.15, -0.1) is 0 Å². The Hall–Kier alpha value is -6.90. The maximum atomic E-state index is 14.6. The number of carbonyl (C=O) groups excluding carboxylic acids is 5. The summed E-state index contributed by atoms with van der Waals surface area (Å²) in [4.78, 5) is 80.5. The molecule has 17 nitrogen and oxygen atoms in total. The van der Waals surface area contributed by atoms with E-state index in [2.05, 4.69) is 52.0 Å². The minimum absolute atomic E-state index is 0.00656. The summed E-state index contributed by atoms with van der Waals surface area (Å²) in [5.74, 6) is -2.48. The Bertz CT molecular complexity index is 2380. The van der Waals surface area contributed by atoms with Crippen molar-refractivity contribution in [3.05, 3.63) is 94.3 Å². The number of nitriles is 1. The predicted molar refractivity (Wildman–Crippen MR) is 239 cm³/mol. The zero-order valence-corrected chi connectivity index (χ0v) is 36.8. The van der Waals surface area contributed by atoms with E-state index >= 15 is 0 Å².